The van der Waals surface area contributed by atoms with Crippen molar-refractivity contribution >= 4 is 5.97 Å². The number of esters is 1. The van der Waals surface area contributed by atoms with Gasteiger partial charge < -0.3 is 4.74 Å². The maximum atomic E-state index is 12.7. The molecule has 102 valence electrons. The van der Waals surface area contributed by atoms with Crippen LogP contribution in [0.5, 0.6) is 0 Å². The van der Waals surface area contributed by atoms with Crippen LogP contribution in [0.4, 0.5) is 13.2 Å². The number of carbonyl (C=O) groups is 1. The van der Waals surface area contributed by atoms with Gasteiger partial charge in [0.25, 0.3) is 0 Å². The summed E-state index contributed by atoms with van der Waals surface area (Å²) in [7, 11) is 0. The summed E-state index contributed by atoms with van der Waals surface area (Å²) in [5.41, 5.74) is -2.09. The molecule has 1 heterocycles. The zero-order valence-electron chi connectivity index (χ0n) is 10.2. The van der Waals surface area contributed by atoms with Crippen LogP contribution in [0.15, 0.2) is 0 Å². The van der Waals surface area contributed by atoms with Crippen molar-refractivity contribution in [3.05, 3.63) is 22.8 Å². The molecule has 19 heavy (non-hydrogen) atoms. The van der Waals surface area contributed by atoms with E-state index in [1.54, 1.807) is 6.92 Å². The quantitative estimate of drug-likeness (QED) is 0.784. The number of carbonyl (C=O) groups excluding carboxylic acids is 1. The number of aryl methyl sites for hydroxylation is 1. The summed E-state index contributed by atoms with van der Waals surface area (Å²) in [5.74, 6) is -1.04. The van der Waals surface area contributed by atoms with Gasteiger partial charge in [-0.05, 0) is 13.8 Å². The van der Waals surface area contributed by atoms with Crippen LogP contribution in [0.25, 0.3) is 0 Å². The molecule has 8 heteroatoms. The van der Waals surface area contributed by atoms with Gasteiger partial charge in [-0.1, -0.05) is 0 Å². The Morgan fingerprint density at radius 1 is 1.42 bits per heavy atom. The fraction of sp³-hybridized carbons (Fsp3) is 0.455. The van der Waals surface area contributed by atoms with Gasteiger partial charge in [-0.2, -0.15) is 18.4 Å². The van der Waals surface area contributed by atoms with Gasteiger partial charge in [0.1, 0.15) is 23.9 Å². The zero-order chi connectivity index (χ0) is 14.6. The number of hydrogen-bond acceptors (Lipinski definition) is 5. The maximum Gasteiger partial charge on any atom is 0.434 e. The normalized spacial score (nSPS) is 10.9. The van der Waals surface area contributed by atoms with Crippen LogP contribution in [0, 0.1) is 18.3 Å². The molecule has 0 spiro atoms. The minimum atomic E-state index is -4.78. The van der Waals surface area contributed by atoms with Crippen LogP contribution in [0.2, 0.25) is 0 Å². The van der Waals surface area contributed by atoms with Crippen LogP contribution in [-0.2, 0) is 22.1 Å². The third kappa shape index (κ3) is 3.64. The molecule has 0 unspecified atom stereocenters. The average molecular weight is 273 g/mol. The number of halogens is 3. The Hall–Kier alpha value is -2.17. The Morgan fingerprint density at radius 3 is 2.53 bits per heavy atom. The first kappa shape index (κ1) is 14.9. The van der Waals surface area contributed by atoms with E-state index in [-0.39, 0.29) is 18.1 Å². The fourth-order valence-corrected chi connectivity index (χ4v) is 1.39. The number of nitriles is 1. The van der Waals surface area contributed by atoms with Crippen LogP contribution < -0.4 is 0 Å². The Bertz CT molecular complexity index is 535. The molecular formula is C11H10F3N3O2. The van der Waals surface area contributed by atoms with E-state index in [9.17, 15) is 18.0 Å². The molecule has 0 aromatic carbocycles. The zero-order valence-corrected chi connectivity index (χ0v) is 10.2. The highest BCUT2D eigenvalue weighted by atomic mass is 19.4. The van der Waals surface area contributed by atoms with Gasteiger partial charge in [-0.15, -0.1) is 0 Å². The molecule has 0 fully saturated rings. The molecule has 1 aromatic heterocycles. The summed E-state index contributed by atoms with van der Waals surface area (Å²) < 4.78 is 42.8. The molecular weight excluding hydrogens is 263 g/mol. The van der Waals surface area contributed by atoms with Crippen molar-refractivity contribution in [3.8, 4) is 6.07 Å². The molecule has 0 aliphatic heterocycles. The van der Waals surface area contributed by atoms with Gasteiger partial charge in [0.15, 0.2) is 5.69 Å². The van der Waals surface area contributed by atoms with Gasteiger partial charge in [0, 0.05) is 0 Å². The lowest BCUT2D eigenvalue weighted by Crippen LogP contribution is -2.18. The molecule has 0 aliphatic rings. The first-order valence-corrected chi connectivity index (χ1v) is 5.30. The molecule has 0 aliphatic carbocycles. The summed E-state index contributed by atoms with van der Waals surface area (Å²) in [6.45, 7) is 2.94. The Kier molecular flexibility index (Phi) is 4.43. The van der Waals surface area contributed by atoms with E-state index in [1.807, 2.05) is 0 Å². The summed E-state index contributed by atoms with van der Waals surface area (Å²) in [6, 6.07) is 1.41. The second kappa shape index (κ2) is 5.65. The van der Waals surface area contributed by atoms with E-state index in [1.165, 1.54) is 13.0 Å². The van der Waals surface area contributed by atoms with Crippen molar-refractivity contribution in [2.75, 3.05) is 6.61 Å². The second-order valence-corrected chi connectivity index (χ2v) is 3.54. The lowest BCUT2D eigenvalue weighted by atomic mass is 10.1. The molecule has 0 amide bonds. The molecule has 5 nitrogen and oxygen atoms in total. The summed E-state index contributed by atoms with van der Waals surface area (Å²) in [4.78, 5) is 18.1. The molecule has 0 saturated carbocycles. The number of alkyl halides is 3. The Labute approximate surface area is 107 Å². The van der Waals surface area contributed by atoms with Crippen molar-refractivity contribution in [1.29, 1.82) is 5.26 Å². The van der Waals surface area contributed by atoms with Crippen LogP contribution in [0.1, 0.15) is 29.7 Å². The highest BCUT2D eigenvalue weighted by molar-refractivity contribution is 5.71. The average Bonchev–Trinajstić information content (AvgIpc) is 2.27. The highest BCUT2D eigenvalue weighted by Gasteiger charge is 2.37. The van der Waals surface area contributed by atoms with Crippen molar-refractivity contribution in [1.82, 2.24) is 9.97 Å². The van der Waals surface area contributed by atoms with Gasteiger partial charge in [-0.25, -0.2) is 9.97 Å². The predicted molar refractivity (Wildman–Crippen MR) is 56.8 cm³/mol. The summed E-state index contributed by atoms with van der Waals surface area (Å²) >= 11 is 0. The smallest absolute Gasteiger partial charge is 0.434 e. The first-order chi connectivity index (χ1) is 8.79. The summed E-state index contributed by atoms with van der Waals surface area (Å²) in [6.07, 6.45) is -5.24. The third-order valence-corrected chi connectivity index (χ3v) is 2.12. The van der Waals surface area contributed by atoms with Crippen molar-refractivity contribution in [2.45, 2.75) is 26.4 Å². The second-order valence-electron chi connectivity index (χ2n) is 3.54. The van der Waals surface area contributed by atoms with Crippen LogP contribution in [0.3, 0.4) is 0 Å². The number of aromatic nitrogens is 2. The predicted octanol–water partition coefficient (Wildman–Crippen LogP) is 1.78. The van der Waals surface area contributed by atoms with E-state index in [2.05, 4.69) is 14.7 Å². The van der Waals surface area contributed by atoms with E-state index >= 15 is 0 Å². The topological polar surface area (TPSA) is 75.9 Å². The lowest BCUT2D eigenvalue weighted by molar-refractivity contribution is -0.144. The largest absolute Gasteiger partial charge is 0.466 e. The molecule has 0 radical (unpaired) electrons. The minimum absolute atomic E-state index is 0.111. The van der Waals surface area contributed by atoms with E-state index < -0.39 is 29.8 Å². The molecule has 0 saturated heterocycles. The Balaban J connectivity index is 3.21. The monoisotopic (exact) mass is 273 g/mol. The van der Waals surface area contributed by atoms with Gasteiger partial charge in [-0.3, -0.25) is 4.79 Å². The minimum Gasteiger partial charge on any atom is -0.466 e. The van der Waals surface area contributed by atoms with Crippen LogP contribution in [-0.4, -0.2) is 22.5 Å². The standard InChI is InChI=1S/C11H10F3N3O2/c1-3-19-9(18)4-8-16-6(2)7(5-15)10(17-8)11(12,13)14/h3-4H2,1-2H3. The SMILES string of the molecule is CCOC(=O)Cc1nc(C)c(C#N)c(C(F)(F)F)n1. The molecule has 1 rings (SSSR count). The maximum absolute atomic E-state index is 12.7. The molecule has 1 aromatic rings. The first-order valence-electron chi connectivity index (χ1n) is 5.30. The van der Waals surface area contributed by atoms with Crippen LogP contribution >= 0.6 is 0 Å². The number of rotatable bonds is 3. The van der Waals surface area contributed by atoms with Crippen molar-refractivity contribution in [2.24, 2.45) is 0 Å². The van der Waals surface area contributed by atoms with E-state index in [0.717, 1.165) is 0 Å². The van der Waals surface area contributed by atoms with Gasteiger partial charge in [0.05, 0.1) is 12.3 Å². The number of ether oxygens (including phenoxy) is 1. The lowest BCUT2D eigenvalue weighted by Gasteiger charge is -2.11. The molecule has 0 bridgehead atoms. The number of hydrogen-bond donors (Lipinski definition) is 0. The number of nitrogens with zero attached hydrogens (tertiary/aromatic N) is 3. The third-order valence-electron chi connectivity index (χ3n) is 2.12. The van der Waals surface area contributed by atoms with Crippen molar-refractivity contribution < 1.29 is 22.7 Å². The van der Waals surface area contributed by atoms with Crippen molar-refractivity contribution in [3.63, 3.8) is 0 Å². The highest BCUT2D eigenvalue weighted by Crippen LogP contribution is 2.31. The molecule has 0 N–H and O–H groups in total. The molecule has 0 atom stereocenters. The van der Waals surface area contributed by atoms with E-state index in [0.29, 0.717) is 0 Å². The van der Waals surface area contributed by atoms with E-state index in [4.69, 9.17) is 5.26 Å². The summed E-state index contributed by atoms with van der Waals surface area (Å²) in [5, 5.41) is 8.70. The fourth-order valence-electron chi connectivity index (χ4n) is 1.39. The van der Waals surface area contributed by atoms with Gasteiger partial charge in [0.2, 0.25) is 0 Å². The Morgan fingerprint density at radius 2 is 2.05 bits per heavy atom. The van der Waals surface area contributed by atoms with Gasteiger partial charge >= 0.3 is 12.1 Å².